The molecule has 0 saturated carbocycles. The molecule has 0 amide bonds. The molecule has 0 saturated heterocycles. The maximum atomic E-state index is 5.66. The van der Waals surface area contributed by atoms with Gasteiger partial charge in [-0.3, -0.25) is 0 Å². The molecule has 88 valence electrons. The molecule has 1 heterocycles. The first kappa shape index (κ1) is 11.6. The molecule has 3 heteroatoms. The molecule has 0 spiro atoms. The van der Waals surface area contributed by atoms with Gasteiger partial charge in [-0.1, -0.05) is 46.3 Å². The fraction of sp³-hybridized carbons (Fsp3) is 0. The van der Waals surface area contributed by atoms with Crippen molar-refractivity contribution in [2.45, 2.75) is 0 Å². The van der Waals surface area contributed by atoms with Crippen LogP contribution >= 0.6 is 28.1 Å². The summed E-state index contributed by atoms with van der Waals surface area (Å²) in [5.41, 5.74) is 3.12. The van der Waals surface area contributed by atoms with Crippen molar-refractivity contribution < 1.29 is 4.74 Å². The van der Waals surface area contributed by atoms with Crippen molar-refractivity contribution in [3.8, 4) is 0 Å². The van der Waals surface area contributed by atoms with Gasteiger partial charge in [-0.05, 0) is 42.1 Å². The van der Waals surface area contributed by atoms with Gasteiger partial charge < -0.3 is 4.74 Å². The zero-order chi connectivity index (χ0) is 12.5. The molecule has 3 rings (SSSR count). The second-order valence-corrected chi connectivity index (χ2v) is 5.29. The maximum Gasteiger partial charge on any atom is 0.198 e. The zero-order valence-corrected chi connectivity index (χ0v) is 11.8. The topological polar surface area (TPSA) is 9.23 Å². The predicted molar refractivity (Wildman–Crippen MR) is 81.2 cm³/mol. The minimum Gasteiger partial charge on any atom is -0.445 e. The molecule has 0 aromatic heterocycles. The van der Waals surface area contributed by atoms with Crippen LogP contribution in [0.4, 0.5) is 0 Å². The monoisotopic (exact) mass is 316 g/mol. The van der Waals surface area contributed by atoms with Gasteiger partial charge >= 0.3 is 0 Å². The van der Waals surface area contributed by atoms with Crippen LogP contribution in [-0.4, -0.2) is 5.05 Å². The van der Waals surface area contributed by atoms with Crippen molar-refractivity contribution in [1.29, 1.82) is 0 Å². The molecule has 18 heavy (non-hydrogen) atoms. The van der Waals surface area contributed by atoms with Crippen molar-refractivity contribution in [2.75, 3.05) is 0 Å². The van der Waals surface area contributed by atoms with E-state index in [0.29, 0.717) is 5.05 Å². The van der Waals surface area contributed by atoms with Crippen molar-refractivity contribution in [1.82, 2.24) is 0 Å². The first-order valence-electron chi connectivity index (χ1n) is 5.53. The number of benzene rings is 2. The standard InChI is InChI=1S/C15H9BrOS/c16-11-6-7-12-13(9-11)14(17-15(12)18)8-10-4-2-1-3-5-10/h1-9H. The van der Waals surface area contributed by atoms with E-state index < -0.39 is 0 Å². The summed E-state index contributed by atoms with van der Waals surface area (Å²) < 4.78 is 6.68. The molecular weight excluding hydrogens is 308 g/mol. The molecule has 1 aliphatic heterocycles. The summed E-state index contributed by atoms with van der Waals surface area (Å²) in [7, 11) is 0. The number of hydrogen-bond acceptors (Lipinski definition) is 2. The van der Waals surface area contributed by atoms with E-state index in [4.69, 9.17) is 17.0 Å². The molecular formula is C15H9BrOS. The second-order valence-electron chi connectivity index (χ2n) is 4.00. The number of thiocarbonyl (C=S) groups is 1. The Labute approximate surface area is 119 Å². The third-order valence-electron chi connectivity index (χ3n) is 2.77. The van der Waals surface area contributed by atoms with E-state index in [1.165, 1.54) is 0 Å². The normalized spacial score (nSPS) is 15.6. The fourth-order valence-corrected chi connectivity index (χ4v) is 2.54. The van der Waals surface area contributed by atoms with Gasteiger partial charge in [0.1, 0.15) is 5.76 Å². The average Bonchev–Trinajstić information content (AvgIpc) is 2.67. The van der Waals surface area contributed by atoms with Gasteiger partial charge in [-0.15, -0.1) is 0 Å². The van der Waals surface area contributed by atoms with Crippen molar-refractivity contribution in [3.05, 3.63) is 69.7 Å². The Hall–Kier alpha value is -1.45. The molecule has 0 radical (unpaired) electrons. The first-order chi connectivity index (χ1) is 8.74. The summed E-state index contributed by atoms with van der Waals surface area (Å²) in [5, 5.41) is 0.541. The third kappa shape index (κ3) is 2.11. The molecule has 0 fully saturated rings. The Balaban J connectivity index is 2.10. The number of hydrogen-bond donors (Lipinski definition) is 0. The number of fused-ring (bicyclic) bond motifs is 1. The summed E-state index contributed by atoms with van der Waals surface area (Å²) in [6.07, 6.45) is 2.00. The molecule has 1 nitrogen and oxygen atoms in total. The van der Waals surface area contributed by atoms with E-state index in [-0.39, 0.29) is 0 Å². The number of ether oxygens (including phenoxy) is 1. The molecule has 0 aliphatic carbocycles. The van der Waals surface area contributed by atoms with Gasteiger partial charge in [-0.25, -0.2) is 0 Å². The summed E-state index contributed by atoms with van der Waals surface area (Å²) >= 11 is 8.70. The first-order valence-corrected chi connectivity index (χ1v) is 6.73. The smallest absolute Gasteiger partial charge is 0.198 e. The Morgan fingerprint density at radius 2 is 1.78 bits per heavy atom. The van der Waals surface area contributed by atoms with Crippen LogP contribution in [0, 0.1) is 0 Å². The van der Waals surface area contributed by atoms with Crippen LogP contribution in [0.2, 0.25) is 0 Å². The highest BCUT2D eigenvalue weighted by atomic mass is 79.9. The van der Waals surface area contributed by atoms with E-state index in [1.807, 2.05) is 54.6 Å². The van der Waals surface area contributed by atoms with Crippen LogP contribution in [0.25, 0.3) is 11.8 Å². The van der Waals surface area contributed by atoms with E-state index >= 15 is 0 Å². The Kier molecular flexibility index (Phi) is 3.02. The summed E-state index contributed by atoms with van der Waals surface area (Å²) in [5.74, 6) is 0.808. The lowest BCUT2D eigenvalue weighted by Crippen LogP contribution is -1.90. The van der Waals surface area contributed by atoms with Gasteiger partial charge in [0.15, 0.2) is 5.05 Å². The lowest BCUT2D eigenvalue weighted by Gasteiger charge is -2.00. The van der Waals surface area contributed by atoms with Crippen LogP contribution in [0.5, 0.6) is 0 Å². The third-order valence-corrected chi connectivity index (χ3v) is 3.56. The SMILES string of the molecule is S=C1OC(=Cc2ccccc2)c2cc(Br)ccc21. The largest absolute Gasteiger partial charge is 0.445 e. The summed E-state index contributed by atoms with van der Waals surface area (Å²) in [6.45, 7) is 0. The molecule has 0 unspecified atom stereocenters. The maximum absolute atomic E-state index is 5.66. The Bertz CT molecular complexity index is 647. The Morgan fingerprint density at radius 3 is 2.56 bits per heavy atom. The van der Waals surface area contributed by atoms with Crippen LogP contribution in [0.1, 0.15) is 16.7 Å². The van der Waals surface area contributed by atoms with Gasteiger partial charge in [0.05, 0.1) is 0 Å². The van der Waals surface area contributed by atoms with Gasteiger partial charge in [0.25, 0.3) is 0 Å². The van der Waals surface area contributed by atoms with Crippen LogP contribution in [-0.2, 0) is 4.74 Å². The molecule has 2 aromatic rings. The average molecular weight is 317 g/mol. The molecule has 1 aliphatic rings. The number of halogens is 1. The Morgan fingerprint density at radius 1 is 1.00 bits per heavy atom. The van der Waals surface area contributed by atoms with Gasteiger partial charge in [0.2, 0.25) is 0 Å². The highest BCUT2D eigenvalue weighted by Crippen LogP contribution is 2.33. The van der Waals surface area contributed by atoms with E-state index in [1.54, 1.807) is 0 Å². The summed E-state index contributed by atoms with van der Waals surface area (Å²) in [6, 6.07) is 16.1. The highest BCUT2D eigenvalue weighted by molar-refractivity contribution is 9.10. The quantitative estimate of drug-likeness (QED) is 0.708. The van der Waals surface area contributed by atoms with E-state index in [0.717, 1.165) is 26.9 Å². The van der Waals surface area contributed by atoms with Crippen molar-refractivity contribution >= 4 is 45.0 Å². The lowest BCUT2D eigenvalue weighted by molar-refractivity contribution is 0.542. The minimum absolute atomic E-state index is 0.541. The van der Waals surface area contributed by atoms with Gasteiger partial charge in [0, 0.05) is 15.6 Å². The predicted octanol–water partition coefficient (Wildman–Crippen LogP) is 4.65. The molecule has 0 bridgehead atoms. The lowest BCUT2D eigenvalue weighted by atomic mass is 10.1. The highest BCUT2D eigenvalue weighted by Gasteiger charge is 2.23. The molecule has 0 atom stereocenters. The molecule has 0 N–H and O–H groups in total. The number of rotatable bonds is 1. The van der Waals surface area contributed by atoms with Crippen LogP contribution in [0.3, 0.4) is 0 Å². The second kappa shape index (κ2) is 4.67. The van der Waals surface area contributed by atoms with Crippen molar-refractivity contribution in [3.63, 3.8) is 0 Å². The van der Waals surface area contributed by atoms with E-state index in [2.05, 4.69) is 15.9 Å². The van der Waals surface area contributed by atoms with Crippen LogP contribution in [0.15, 0.2) is 53.0 Å². The van der Waals surface area contributed by atoms with Gasteiger partial charge in [-0.2, -0.15) is 0 Å². The minimum atomic E-state index is 0.541. The zero-order valence-electron chi connectivity index (χ0n) is 9.39. The fourth-order valence-electron chi connectivity index (χ4n) is 1.92. The summed E-state index contributed by atoms with van der Waals surface area (Å²) in [4.78, 5) is 0. The van der Waals surface area contributed by atoms with E-state index in [9.17, 15) is 0 Å². The van der Waals surface area contributed by atoms with Crippen molar-refractivity contribution in [2.24, 2.45) is 0 Å². The molecule has 2 aromatic carbocycles. The van der Waals surface area contributed by atoms with Crippen LogP contribution < -0.4 is 0 Å².